The van der Waals surface area contributed by atoms with Crippen LogP contribution in [0.15, 0.2) is 56.6 Å². The number of aryl methyl sites for hydroxylation is 1. The first kappa shape index (κ1) is 17.5. The summed E-state index contributed by atoms with van der Waals surface area (Å²) in [6.45, 7) is 0.759. The summed E-state index contributed by atoms with van der Waals surface area (Å²) in [6, 6.07) is 11.7. The Labute approximate surface area is 154 Å². The molecule has 0 radical (unpaired) electrons. The zero-order chi connectivity index (χ0) is 19.2. The first-order valence-corrected chi connectivity index (χ1v) is 9.94. The number of amides is 1. The summed E-state index contributed by atoms with van der Waals surface area (Å²) in [5.41, 5.74) is 2.57. The predicted octanol–water partition coefficient (Wildman–Crippen LogP) is 1.22. The molecule has 1 aliphatic rings. The molecule has 4 rings (SSSR count). The Morgan fingerprint density at radius 3 is 2.74 bits per heavy atom. The van der Waals surface area contributed by atoms with E-state index in [1.807, 2.05) is 24.3 Å². The first-order valence-electron chi connectivity index (χ1n) is 8.39. The van der Waals surface area contributed by atoms with Gasteiger partial charge in [0.1, 0.15) is 0 Å². The number of benzene rings is 2. The molecular formula is C18H17N3O5S. The molecule has 0 fully saturated rings. The second-order valence-electron chi connectivity index (χ2n) is 6.37. The highest BCUT2D eigenvalue weighted by atomic mass is 32.2. The van der Waals surface area contributed by atoms with E-state index in [0.29, 0.717) is 12.1 Å². The van der Waals surface area contributed by atoms with Crippen molar-refractivity contribution in [1.29, 1.82) is 0 Å². The number of sulfonamides is 1. The molecule has 0 bridgehead atoms. The summed E-state index contributed by atoms with van der Waals surface area (Å²) < 4.78 is 29.3. The van der Waals surface area contributed by atoms with Gasteiger partial charge in [0.05, 0.1) is 10.4 Å². The van der Waals surface area contributed by atoms with Crippen molar-refractivity contribution < 1.29 is 17.6 Å². The van der Waals surface area contributed by atoms with Crippen molar-refractivity contribution >= 4 is 32.7 Å². The van der Waals surface area contributed by atoms with Gasteiger partial charge in [-0.15, -0.1) is 0 Å². The van der Waals surface area contributed by atoms with Crippen molar-refractivity contribution in [2.24, 2.45) is 5.14 Å². The van der Waals surface area contributed by atoms with Crippen LogP contribution in [0.3, 0.4) is 0 Å². The molecule has 0 atom stereocenters. The second kappa shape index (κ2) is 6.36. The third-order valence-corrected chi connectivity index (χ3v) is 5.62. The highest BCUT2D eigenvalue weighted by molar-refractivity contribution is 7.89. The molecule has 2 aromatic carbocycles. The van der Waals surface area contributed by atoms with Gasteiger partial charge < -0.3 is 9.32 Å². The molecule has 1 amide bonds. The van der Waals surface area contributed by atoms with E-state index in [4.69, 9.17) is 9.56 Å². The summed E-state index contributed by atoms with van der Waals surface area (Å²) in [7, 11) is -3.90. The average molecular weight is 387 g/mol. The number of fused-ring (bicyclic) bond motifs is 2. The Morgan fingerprint density at radius 2 is 1.96 bits per heavy atom. The van der Waals surface area contributed by atoms with Gasteiger partial charge in [-0.25, -0.2) is 18.4 Å². The van der Waals surface area contributed by atoms with Crippen LogP contribution in [0.4, 0.5) is 5.69 Å². The third-order valence-electron chi connectivity index (χ3n) is 4.71. The van der Waals surface area contributed by atoms with E-state index in [2.05, 4.69) is 0 Å². The van der Waals surface area contributed by atoms with Crippen LogP contribution in [0.5, 0.6) is 0 Å². The maximum absolute atomic E-state index is 12.6. The molecule has 2 N–H and O–H groups in total. The van der Waals surface area contributed by atoms with Crippen molar-refractivity contribution in [3.63, 3.8) is 0 Å². The van der Waals surface area contributed by atoms with Gasteiger partial charge in [0.2, 0.25) is 15.9 Å². The van der Waals surface area contributed by atoms with Gasteiger partial charge in [0, 0.05) is 31.3 Å². The third kappa shape index (κ3) is 3.15. The second-order valence-corrected chi connectivity index (χ2v) is 7.93. The first-order chi connectivity index (χ1) is 12.8. The lowest BCUT2D eigenvalue weighted by molar-refractivity contribution is -0.118. The van der Waals surface area contributed by atoms with Crippen molar-refractivity contribution in [3.8, 4) is 0 Å². The Hall–Kier alpha value is -2.91. The lowest BCUT2D eigenvalue weighted by Gasteiger charge is -2.17. The van der Waals surface area contributed by atoms with E-state index in [1.165, 1.54) is 22.8 Å². The molecule has 140 valence electrons. The van der Waals surface area contributed by atoms with Crippen LogP contribution >= 0.6 is 0 Å². The van der Waals surface area contributed by atoms with Gasteiger partial charge in [-0.3, -0.25) is 9.36 Å². The fourth-order valence-electron chi connectivity index (χ4n) is 3.38. The summed E-state index contributed by atoms with van der Waals surface area (Å²) in [5.74, 6) is -0.728. The molecule has 8 nitrogen and oxygen atoms in total. The summed E-state index contributed by atoms with van der Waals surface area (Å²) in [6.07, 6.45) is 0.937. The minimum Gasteiger partial charge on any atom is -0.408 e. The Kier molecular flexibility index (Phi) is 4.12. The van der Waals surface area contributed by atoms with Gasteiger partial charge >= 0.3 is 5.76 Å². The maximum atomic E-state index is 12.6. The highest BCUT2D eigenvalue weighted by Crippen LogP contribution is 2.28. The molecule has 9 heteroatoms. The van der Waals surface area contributed by atoms with Crippen molar-refractivity contribution in [2.75, 3.05) is 11.4 Å². The molecule has 0 saturated carbocycles. The van der Waals surface area contributed by atoms with E-state index in [1.54, 1.807) is 4.90 Å². The smallest absolute Gasteiger partial charge is 0.408 e. The van der Waals surface area contributed by atoms with Crippen molar-refractivity contribution in [3.05, 3.63) is 58.6 Å². The number of para-hydroxylation sites is 1. The van der Waals surface area contributed by atoms with Crippen LogP contribution < -0.4 is 15.8 Å². The van der Waals surface area contributed by atoms with Gasteiger partial charge in [-0.1, -0.05) is 18.2 Å². The number of oxazole rings is 1. The van der Waals surface area contributed by atoms with Crippen LogP contribution in [-0.4, -0.2) is 25.4 Å². The van der Waals surface area contributed by atoms with E-state index >= 15 is 0 Å². The Morgan fingerprint density at radius 1 is 1.19 bits per heavy atom. The molecule has 0 saturated heterocycles. The van der Waals surface area contributed by atoms with Gasteiger partial charge in [-0.2, -0.15) is 0 Å². The zero-order valence-corrected chi connectivity index (χ0v) is 15.1. The number of nitrogens with zero attached hydrogens (tertiary/aromatic N) is 2. The van der Waals surface area contributed by atoms with Gasteiger partial charge in [0.25, 0.3) is 0 Å². The van der Waals surface area contributed by atoms with E-state index in [0.717, 1.165) is 17.7 Å². The topological polar surface area (TPSA) is 116 Å². The Bertz CT molecular complexity index is 1210. The normalized spacial score (nSPS) is 13.9. The van der Waals surface area contributed by atoms with Crippen LogP contribution in [0.25, 0.3) is 11.1 Å². The van der Waals surface area contributed by atoms with E-state index in [-0.39, 0.29) is 29.4 Å². The van der Waals surface area contributed by atoms with Gasteiger partial charge in [-0.05, 0) is 30.2 Å². The molecule has 0 spiro atoms. The number of rotatable bonds is 4. The van der Waals surface area contributed by atoms with Crippen LogP contribution in [0.2, 0.25) is 0 Å². The fraction of sp³-hybridized carbons (Fsp3) is 0.222. The quantitative estimate of drug-likeness (QED) is 0.723. The average Bonchev–Trinajstić information content (AvgIpc) is 3.19. The van der Waals surface area contributed by atoms with E-state index < -0.39 is 15.8 Å². The van der Waals surface area contributed by atoms with Gasteiger partial charge in [0.15, 0.2) is 5.58 Å². The lowest BCUT2D eigenvalue weighted by atomic mass is 10.2. The Balaban J connectivity index is 1.57. The summed E-state index contributed by atoms with van der Waals surface area (Å²) >= 11 is 0. The predicted molar refractivity (Wildman–Crippen MR) is 99.0 cm³/mol. The molecule has 0 aliphatic carbocycles. The zero-order valence-electron chi connectivity index (χ0n) is 14.3. The monoisotopic (exact) mass is 387 g/mol. The molecule has 2 heterocycles. The molecule has 0 unspecified atom stereocenters. The molecule has 1 aromatic heterocycles. The maximum Gasteiger partial charge on any atom is 0.419 e. The molecule has 3 aromatic rings. The number of carbonyl (C=O) groups is 1. The molecular weight excluding hydrogens is 370 g/mol. The number of aromatic nitrogens is 1. The fourth-order valence-corrected chi connectivity index (χ4v) is 3.90. The number of carbonyl (C=O) groups excluding carboxylic acids is 1. The van der Waals surface area contributed by atoms with Crippen molar-refractivity contribution in [1.82, 2.24) is 4.57 Å². The molecule has 27 heavy (non-hydrogen) atoms. The highest BCUT2D eigenvalue weighted by Gasteiger charge is 2.24. The number of anilines is 1. The SMILES string of the molecule is NS(=O)(=O)c1ccc2c(c1)oc(=O)n2CCC(=O)N1CCc2ccccc21. The largest absolute Gasteiger partial charge is 0.419 e. The standard InChI is InChI=1S/C18H17N3O5S/c19-27(24,25)13-5-6-15-16(11-13)26-18(23)21(15)10-8-17(22)20-9-7-12-3-1-2-4-14(12)20/h1-6,11H,7-10H2,(H2,19,24,25). The van der Waals surface area contributed by atoms with Crippen molar-refractivity contribution in [2.45, 2.75) is 24.3 Å². The number of hydrogen-bond acceptors (Lipinski definition) is 5. The molecule has 1 aliphatic heterocycles. The van der Waals surface area contributed by atoms with Crippen LogP contribution in [-0.2, 0) is 27.8 Å². The number of nitrogens with two attached hydrogens (primary N) is 1. The minimum atomic E-state index is -3.90. The summed E-state index contributed by atoms with van der Waals surface area (Å²) in [5, 5.41) is 5.10. The number of primary sulfonamides is 1. The minimum absolute atomic E-state index is 0.0812. The lowest BCUT2D eigenvalue weighted by Crippen LogP contribution is -2.30. The van der Waals surface area contributed by atoms with E-state index in [9.17, 15) is 18.0 Å². The number of hydrogen-bond donors (Lipinski definition) is 1. The van der Waals surface area contributed by atoms with Crippen LogP contribution in [0.1, 0.15) is 12.0 Å². The summed E-state index contributed by atoms with van der Waals surface area (Å²) in [4.78, 5) is 26.3. The van der Waals surface area contributed by atoms with Crippen LogP contribution in [0, 0.1) is 0 Å².